The van der Waals surface area contributed by atoms with Crippen molar-refractivity contribution >= 4 is 15.9 Å². The van der Waals surface area contributed by atoms with Crippen LogP contribution in [0.2, 0.25) is 0 Å². The number of nitrogens with zero attached hydrogens (tertiary/aromatic N) is 1. The van der Waals surface area contributed by atoms with Gasteiger partial charge in [-0.05, 0) is 56.9 Å². The smallest absolute Gasteiger partial charge is 0.253 e. The fourth-order valence-electron chi connectivity index (χ4n) is 2.59. The molecule has 1 heterocycles. The zero-order valence-corrected chi connectivity index (χ0v) is 14.3. The highest BCUT2D eigenvalue weighted by Crippen LogP contribution is 2.19. The van der Waals surface area contributed by atoms with E-state index in [9.17, 15) is 17.6 Å². The molecule has 1 aromatic carbocycles. The Kier molecular flexibility index (Phi) is 5.75. The SMILES string of the molecule is CC(C)S(=O)(=O)NC[C@H]1CCCN(C(=O)c2ccc(F)cc2)C1. The average molecular weight is 342 g/mol. The molecule has 1 aliphatic heterocycles. The Morgan fingerprint density at radius 3 is 2.61 bits per heavy atom. The highest BCUT2D eigenvalue weighted by molar-refractivity contribution is 7.90. The first-order valence-electron chi connectivity index (χ1n) is 7.83. The molecule has 0 unspecified atom stereocenters. The first-order chi connectivity index (χ1) is 10.8. The molecule has 128 valence electrons. The summed E-state index contributed by atoms with van der Waals surface area (Å²) in [6.45, 7) is 4.76. The van der Waals surface area contributed by atoms with Gasteiger partial charge in [0.1, 0.15) is 5.82 Å². The van der Waals surface area contributed by atoms with Gasteiger partial charge < -0.3 is 4.90 Å². The van der Waals surface area contributed by atoms with Crippen LogP contribution in [0.5, 0.6) is 0 Å². The maximum absolute atomic E-state index is 12.9. The minimum Gasteiger partial charge on any atom is -0.338 e. The zero-order valence-electron chi connectivity index (χ0n) is 13.5. The van der Waals surface area contributed by atoms with Crippen molar-refractivity contribution in [3.63, 3.8) is 0 Å². The van der Waals surface area contributed by atoms with Gasteiger partial charge in [0.15, 0.2) is 0 Å². The van der Waals surface area contributed by atoms with Crippen molar-refractivity contribution in [2.45, 2.75) is 31.9 Å². The molecule has 23 heavy (non-hydrogen) atoms. The molecule has 1 amide bonds. The molecule has 5 nitrogen and oxygen atoms in total. The molecule has 1 aromatic rings. The first kappa shape index (κ1) is 17.9. The van der Waals surface area contributed by atoms with E-state index < -0.39 is 15.3 Å². The molecule has 1 aliphatic rings. The number of piperidine rings is 1. The van der Waals surface area contributed by atoms with Crippen LogP contribution in [0.1, 0.15) is 37.0 Å². The van der Waals surface area contributed by atoms with Gasteiger partial charge in [0, 0.05) is 25.2 Å². The number of benzene rings is 1. The number of carbonyl (C=O) groups is 1. The summed E-state index contributed by atoms with van der Waals surface area (Å²) in [5.41, 5.74) is 0.454. The number of rotatable bonds is 5. The molecule has 1 N–H and O–H groups in total. The molecule has 0 aliphatic carbocycles. The summed E-state index contributed by atoms with van der Waals surface area (Å²) in [5.74, 6) is -0.413. The number of hydrogen-bond donors (Lipinski definition) is 1. The van der Waals surface area contributed by atoms with Crippen molar-refractivity contribution < 1.29 is 17.6 Å². The molecule has 0 radical (unpaired) electrons. The summed E-state index contributed by atoms with van der Waals surface area (Å²) in [7, 11) is -3.29. The topological polar surface area (TPSA) is 66.5 Å². The van der Waals surface area contributed by atoms with Crippen LogP contribution in [0.15, 0.2) is 24.3 Å². The predicted octanol–water partition coefficient (Wildman–Crippen LogP) is 2.01. The van der Waals surface area contributed by atoms with Gasteiger partial charge in [-0.3, -0.25) is 4.79 Å². The van der Waals surface area contributed by atoms with Crippen LogP contribution in [0, 0.1) is 11.7 Å². The fourth-order valence-corrected chi connectivity index (χ4v) is 3.39. The molecule has 2 rings (SSSR count). The third-order valence-corrected chi connectivity index (χ3v) is 5.90. The quantitative estimate of drug-likeness (QED) is 0.890. The molecule has 0 bridgehead atoms. The molecule has 0 saturated carbocycles. The average Bonchev–Trinajstić information content (AvgIpc) is 2.53. The Balaban J connectivity index is 1.95. The van der Waals surface area contributed by atoms with Gasteiger partial charge in [0.2, 0.25) is 10.0 Å². The maximum atomic E-state index is 12.9. The summed E-state index contributed by atoms with van der Waals surface area (Å²) in [6, 6.07) is 5.49. The lowest BCUT2D eigenvalue weighted by molar-refractivity contribution is 0.0676. The molecule has 1 atom stereocenters. The number of amides is 1. The Labute approximate surface area is 136 Å². The summed E-state index contributed by atoms with van der Waals surface area (Å²) in [5, 5.41) is -0.469. The molecule has 0 spiro atoms. The van der Waals surface area contributed by atoms with Crippen molar-refractivity contribution in [3.05, 3.63) is 35.6 Å². The van der Waals surface area contributed by atoms with E-state index in [0.29, 0.717) is 25.2 Å². The third-order valence-electron chi connectivity index (χ3n) is 4.09. The van der Waals surface area contributed by atoms with Gasteiger partial charge in [0.25, 0.3) is 5.91 Å². The summed E-state index contributed by atoms with van der Waals surface area (Å²) in [6.07, 6.45) is 1.72. The number of nitrogens with one attached hydrogen (secondary N) is 1. The first-order valence-corrected chi connectivity index (χ1v) is 9.37. The highest BCUT2D eigenvalue weighted by Gasteiger charge is 2.26. The van der Waals surface area contributed by atoms with E-state index in [2.05, 4.69) is 4.72 Å². The van der Waals surface area contributed by atoms with E-state index in [4.69, 9.17) is 0 Å². The van der Waals surface area contributed by atoms with E-state index in [1.54, 1.807) is 18.7 Å². The summed E-state index contributed by atoms with van der Waals surface area (Å²) in [4.78, 5) is 14.1. The van der Waals surface area contributed by atoms with Gasteiger partial charge in [-0.15, -0.1) is 0 Å². The van der Waals surface area contributed by atoms with Crippen LogP contribution in [-0.2, 0) is 10.0 Å². The molecule has 1 saturated heterocycles. The second-order valence-corrected chi connectivity index (χ2v) is 8.53. The standard InChI is InChI=1S/C16H23FN2O3S/c1-12(2)23(21,22)18-10-13-4-3-9-19(11-13)16(20)14-5-7-15(17)8-6-14/h5-8,12-13,18H,3-4,9-11H2,1-2H3/t13-/m1/s1. The second kappa shape index (κ2) is 7.40. The largest absolute Gasteiger partial charge is 0.338 e. The van der Waals surface area contributed by atoms with E-state index in [0.717, 1.165) is 12.8 Å². The van der Waals surface area contributed by atoms with Crippen LogP contribution in [0.3, 0.4) is 0 Å². The van der Waals surface area contributed by atoms with Crippen molar-refractivity contribution in [2.75, 3.05) is 19.6 Å². The fraction of sp³-hybridized carbons (Fsp3) is 0.562. The minimum atomic E-state index is -3.29. The summed E-state index contributed by atoms with van der Waals surface area (Å²) < 4.78 is 39.2. The Morgan fingerprint density at radius 1 is 1.35 bits per heavy atom. The Morgan fingerprint density at radius 2 is 2.00 bits per heavy atom. The molecule has 0 aromatic heterocycles. The van der Waals surface area contributed by atoms with Crippen molar-refractivity contribution in [2.24, 2.45) is 5.92 Å². The Hall–Kier alpha value is -1.47. The highest BCUT2D eigenvalue weighted by atomic mass is 32.2. The number of carbonyl (C=O) groups excluding carboxylic acids is 1. The number of halogens is 1. The van der Waals surface area contributed by atoms with E-state index in [-0.39, 0.29) is 17.6 Å². The zero-order chi connectivity index (χ0) is 17.0. The number of likely N-dealkylation sites (tertiary alicyclic amines) is 1. The number of sulfonamides is 1. The van der Waals surface area contributed by atoms with Gasteiger partial charge in [-0.25, -0.2) is 17.5 Å². The van der Waals surface area contributed by atoms with Crippen LogP contribution >= 0.6 is 0 Å². The maximum Gasteiger partial charge on any atom is 0.253 e. The van der Waals surface area contributed by atoms with Gasteiger partial charge in [-0.1, -0.05) is 0 Å². The minimum absolute atomic E-state index is 0.0988. The predicted molar refractivity (Wildman–Crippen MR) is 87.1 cm³/mol. The van der Waals surface area contributed by atoms with E-state index >= 15 is 0 Å². The monoisotopic (exact) mass is 342 g/mol. The van der Waals surface area contributed by atoms with Crippen molar-refractivity contribution in [1.82, 2.24) is 9.62 Å². The van der Waals surface area contributed by atoms with Crippen molar-refractivity contribution in [1.29, 1.82) is 0 Å². The lowest BCUT2D eigenvalue weighted by atomic mass is 9.97. The normalized spacial score (nSPS) is 19.1. The molecular weight excluding hydrogens is 319 g/mol. The van der Waals surface area contributed by atoms with Gasteiger partial charge >= 0.3 is 0 Å². The van der Waals surface area contributed by atoms with Gasteiger partial charge in [-0.2, -0.15) is 0 Å². The van der Waals surface area contributed by atoms with Crippen LogP contribution in [-0.4, -0.2) is 44.1 Å². The van der Waals surface area contributed by atoms with E-state index in [1.165, 1.54) is 24.3 Å². The van der Waals surface area contributed by atoms with Crippen molar-refractivity contribution in [3.8, 4) is 0 Å². The second-order valence-electron chi connectivity index (χ2n) is 6.21. The summed E-state index contributed by atoms with van der Waals surface area (Å²) >= 11 is 0. The Bertz CT molecular complexity index is 644. The molecule has 7 heteroatoms. The van der Waals surface area contributed by atoms with E-state index in [1.807, 2.05) is 0 Å². The van der Waals surface area contributed by atoms with Crippen LogP contribution in [0.25, 0.3) is 0 Å². The molecule has 1 fully saturated rings. The molecular formula is C16H23FN2O3S. The lowest BCUT2D eigenvalue weighted by Crippen LogP contribution is -2.44. The van der Waals surface area contributed by atoms with Crippen LogP contribution < -0.4 is 4.72 Å². The lowest BCUT2D eigenvalue weighted by Gasteiger charge is -2.33. The third kappa shape index (κ3) is 4.75. The van der Waals surface area contributed by atoms with Crippen LogP contribution in [0.4, 0.5) is 4.39 Å². The number of hydrogen-bond acceptors (Lipinski definition) is 3. The van der Waals surface area contributed by atoms with Gasteiger partial charge in [0.05, 0.1) is 5.25 Å².